The van der Waals surface area contributed by atoms with Gasteiger partial charge in [0.15, 0.2) is 9.84 Å². The summed E-state index contributed by atoms with van der Waals surface area (Å²) in [6.07, 6.45) is 7.88. The van der Waals surface area contributed by atoms with Gasteiger partial charge >= 0.3 is 6.03 Å². The molecule has 0 radical (unpaired) electrons. The third-order valence-corrected chi connectivity index (χ3v) is 14.4. The van der Waals surface area contributed by atoms with E-state index in [0.717, 1.165) is 38.5 Å². The molecule has 0 unspecified atom stereocenters. The van der Waals surface area contributed by atoms with Gasteiger partial charge in [-0.15, -0.1) is 23.2 Å². The van der Waals surface area contributed by atoms with Crippen molar-refractivity contribution in [1.29, 1.82) is 0 Å². The largest absolute Gasteiger partial charge is 0.347 e. The van der Waals surface area contributed by atoms with Crippen LogP contribution in [0.1, 0.15) is 105 Å². The predicted molar refractivity (Wildman–Crippen MR) is 182 cm³/mol. The summed E-state index contributed by atoms with van der Waals surface area (Å²) in [6.45, 7) is 7.40. The van der Waals surface area contributed by atoms with Crippen LogP contribution in [0.5, 0.6) is 0 Å². The standard InChI is InChI=1S/C33H51Cl2N5O7S/c1-5-6-11-21(25(41)28(43)36-19-13-14-19)37-27(42)24-23-20(33(23,34)35)18-40(24)29(44)26(31(2,3)4)38-30(45)39-32(15-8-7-9-16-32)22-12-10-17-48(22,46)47/h19-24,26H,5-18H2,1-4H3,(H,36,43)(H,37,42)(H2,38,39,45)/t20-,21-,22-,23-,24-,26+/m0/s1. The normalized spacial score (nSPS) is 29.6. The number of hydrogen-bond donors (Lipinski definition) is 4. The van der Waals surface area contributed by atoms with Gasteiger partial charge in [-0.1, -0.05) is 59.8 Å². The first kappa shape index (κ1) is 37.1. The van der Waals surface area contributed by atoms with Crippen molar-refractivity contribution >= 4 is 62.6 Å². The van der Waals surface area contributed by atoms with E-state index >= 15 is 0 Å². The maximum Gasteiger partial charge on any atom is 0.315 e. The molecule has 15 heteroatoms. The molecular formula is C33H51Cl2N5O7S. The highest BCUT2D eigenvalue weighted by atomic mass is 35.5. The molecular weight excluding hydrogens is 681 g/mol. The highest BCUT2D eigenvalue weighted by molar-refractivity contribution is 7.92. The van der Waals surface area contributed by atoms with Crippen molar-refractivity contribution in [3.8, 4) is 0 Å². The summed E-state index contributed by atoms with van der Waals surface area (Å²) in [5, 5.41) is 10.6. The fourth-order valence-corrected chi connectivity index (χ4v) is 11.2. The van der Waals surface area contributed by atoms with E-state index in [1.54, 1.807) is 20.8 Å². The minimum absolute atomic E-state index is 0.0261. The van der Waals surface area contributed by atoms with Crippen molar-refractivity contribution in [1.82, 2.24) is 26.2 Å². The third kappa shape index (κ3) is 7.62. The maximum absolute atomic E-state index is 14.4. The first-order chi connectivity index (χ1) is 22.4. The zero-order valence-corrected chi connectivity index (χ0v) is 30.7. The molecule has 270 valence electrons. The average Bonchev–Trinajstić information content (AvgIpc) is 3.79. The van der Waals surface area contributed by atoms with E-state index in [9.17, 15) is 32.4 Å². The van der Waals surface area contributed by atoms with Gasteiger partial charge in [0.25, 0.3) is 5.91 Å². The van der Waals surface area contributed by atoms with Crippen molar-refractivity contribution in [3.63, 3.8) is 0 Å². The number of urea groups is 1. The Balaban J connectivity index is 1.34. The first-order valence-corrected chi connectivity index (χ1v) is 20.0. The number of carbonyl (C=O) groups is 5. The number of rotatable bonds is 12. The molecule has 5 aliphatic rings. The van der Waals surface area contributed by atoms with Crippen molar-refractivity contribution < 1.29 is 32.4 Å². The van der Waals surface area contributed by atoms with Crippen LogP contribution in [0, 0.1) is 17.3 Å². The molecule has 2 aliphatic heterocycles. The molecule has 5 fully saturated rings. The van der Waals surface area contributed by atoms with E-state index in [4.69, 9.17) is 23.2 Å². The molecule has 5 rings (SSSR count). The number of unbranched alkanes of at least 4 members (excludes halogenated alkanes) is 1. The monoisotopic (exact) mass is 731 g/mol. The number of amides is 5. The first-order valence-electron chi connectivity index (χ1n) is 17.6. The van der Waals surface area contributed by atoms with Crippen molar-refractivity contribution in [3.05, 3.63) is 0 Å². The van der Waals surface area contributed by atoms with E-state index in [0.29, 0.717) is 32.1 Å². The summed E-state index contributed by atoms with van der Waals surface area (Å²) in [5.41, 5.74) is -1.72. The summed E-state index contributed by atoms with van der Waals surface area (Å²) in [7, 11) is -3.37. The lowest BCUT2D eigenvalue weighted by molar-refractivity contribution is -0.144. The maximum atomic E-state index is 14.4. The number of carbonyl (C=O) groups excluding carboxylic acids is 5. The van der Waals surface area contributed by atoms with Crippen LogP contribution in [0.25, 0.3) is 0 Å². The highest BCUT2D eigenvalue weighted by Crippen LogP contribution is 2.65. The van der Waals surface area contributed by atoms with Gasteiger partial charge in [-0.3, -0.25) is 19.2 Å². The number of nitrogens with one attached hydrogen (secondary N) is 4. The number of Topliss-reactive ketones (excluding diaryl/α,β-unsaturated/α-hetero) is 1. The quantitative estimate of drug-likeness (QED) is 0.177. The van der Waals surface area contributed by atoms with Crippen LogP contribution in [0.15, 0.2) is 0 Å². The molecule has 12 nitrogen and oxygen atoms in total. The lowest BCUT2D eigenvalue weighted by Crippen LogP contribution is -2.65. The zero-order chi connectivity index (χ0) is 35.2. The summed E-state index contributed by atoms with van der Waals surface area (Å²) in [5.74, 6) is -3.50. The van der Waals surface area contributed by atoms with Gasteiger partial charge < -0.3 is 26.2 Å². The second kappa shape index (κ2) is 13.9. The Kier molecular flexibility index (Phi) is 10.7. The topological polar surface area (TPSA) is 171 Å². The molecule has 2 heterocycles. The van der Waals surface area contributed by atoms with E-state index in [2.05, 4.69) is 21.3 Å². The van der Waals surface area contributed by atoms with Crippen LogP contribution in [-0.4, -0.2) is 94.4 Å². The number of nitrogens with zero attached hydrogens (tertiary/aromatic N) is 1. The Hall–Kier alpha value is -2.12. The number of sulfone groups is 1. The van der Waals surface area contributed by atoms with Crippen LogP contribution in [0.2, 0.25) is 0 Å². The lowest BCUT2D eigenvalue weighted by Gasteiger charge is -2.43. The van der Waals surface area contributed by atoms with E-state index in [-0.39, 0.29) is 24.8 Å². The van der Waals surface area contributed by atoms with Crippen molar-refractivity contribution in [2.24, 2.45) is 17.3 Å². The van der Waals surface area contributed by atoms with E-state index in [1.807, 2.05) is 6.92 Å². The number of fused-ring (bicyclic) bond motifs is 1. The molecule has 0 aromatic rings. The molecule has 3 saturated carbocycles. The zero-order valence-electron chi connectivity index (χ0n) is 28.4. The van der Waals surface area contributed by atoms with Gasteiger partial charge in [0.1, 0.15) is 16.4 Å². The molecule has 5 amide bonds. The van der Waals surface area contributed by atoms with Gasteiger partial charge in [-0.25, -0.2) is 13.2 Å². The lowest BCUT2D eigenvalue weighted by atomic mass is 9.78. The van der Waals surface area contributed by atoms with Gasteiger partial charge in [0, 0.05) is 24.4 Å². The fourth-order valence-electron chi connectivity index (χ4n) is 8.04. The van der Waals surface area contributed by atoms with Crippen LogP contribution >= 0.6 is 23.2 Å². The van der Waals surface area contributed by atoms with Gasteiger partial charge in [0.2, 0.25) is 17.6 Å². The molecule has 0 aromatic heterocycles. The molecule has 0 aromatic carbocycles. The molecule has 6 atom stereocenters. The minimum Gasteiger partial charge on any atom is -0.347 e. The average molecular weight is 733 g/mol. The summed E-state index contributed by atoms with van der Waals surface area (Å²) >= 11 is 13.1. The van der Waals surface area contributed by atoms with Gasteiger partial charge in [-0.05, 0) is 50.4 Å². The molecule has 48 heavy (non-hydrogen) atoms. The summed E-state index contributed by atoms with van der Waals surface area (Å²) in [6, 6.07) is -3.95. The number of likely N-dealkylation sites (tertiary alicyclic amines) is 1. The highest BCUT2D eigenvalue weighted by Gasteiger charge is 2.74. The Labute approximate surface area is 293 Å². The minimum atomic E-state index is -3.37. The summed E-state index contributed by atoms with van der Waals surface area (Å²) < 4.78 is 24.8. The van der Waals surface area contributed by atoms with Crippen molar-refractivity contribution in [2.45, 2.75) is 144 Å². The van der Waals surface area contributed by atoms with E-state index in [1.165, 1.54) is 4.90 Å². The van der Waals surface area contributed by atoms with E-state index < -0.39 is 89.9 Å². The Morgan fingerprint density at radius 1 is 0.958 bits per heavy atom. The second-order valence-electron chi connectivity index (χ2n) is 15.7. The number of piperidine rings is 1. The van der Waals surface area contributed by atoms with Gasteiger partial charge in [0.05, 0.1) is 22.6 Å². The van der Waals surface area contributed by atoms with Crippen molar-refractivity contribution in [2.75, 3.05) is 12.3 Å². The number of alkyl halides is 2. The number of halogens is 2. The smallest absolute Gasteiger partial charge is 0.315 e. The Morgan fingerprint density at radius 3 is 2.19 bits per heavy atom. The van der Waals surface area contributed by atoms with Crippen LogP contribution in [-0.2, 0) is 29.0 Å². The van der Waals surface area contributed by atoms with Crippen LogP contribution in [0.4, 0.5) is 4.79 Å². The summed E-state index contributed by atoms with van der Waals surface area (Å²) in [4.78, 5) is 69.2. The number of hydrogen-bond acceptors (Lipinski definition) is 7. The molecule has 3 aliphatic carbocycles. The van der Waals surface area contributed by atoms with Gasteiger partial charge in [-0.2, -0.15) is 0 Å². The molecule has 0 bridgehead atoms. The molecule has 0 spiro atoms. The molecule has 2 saturated heterocycles. The van der Waals surface area contributed by atoms with Crippen LogP contribution in [0.3, 0.4) is 0 Å². The predicted octanol–water partition coefficient (Wildman–Crippen LogP) is 3.13. The SMILES string of the molecule is CCCC[C@H](NC(=O)[C@@H]1[C@@H]2[C@H](CN1C(=O)[C@@H](NC(=O)NC1([C@@H]3CCCS3(=O)=O)CCCCC1)C(C)(C)C)C2(Cl)Cl)C(=O)C(=O)NC1CC1. The fraction of sp³-hybridized carbons (Fsp3) is 0.848. The third-order valence-electron chi connectivity index (χ3n) is 10.9. The Morgan fingerprint density at radius 2 is 1.62 bits per heavy atom. The second-order valence-corrected chi connectivity index (χ2v) is 19.4. The number of ketones is 1. The Bertz CT molecular complexity index is 1410. The molecule has 4 N–H and O–H groups in total. The van der Waals surface area contributed by atoms with Crippen LogP contribution < -0.4 is 21.3 Å².